The number of hydrogen-bond acceptors (Lipinski definition) is 6. The highest BCUT2D eigenvalue weighted by atomic mass is 32.2. The number of phenolic OH excluding ortho intramolecular Hbond substituents is 1. The highest BCUT2D eigenvalue weighted by molar-refractivity contribution is 7.86. The van der Waals surface area contributed by atoms with Gasteiger partial charge in [-0.15, -0.1) is 5.11 Å². The number of hydrogen-bond donors (Lipinski definition) is 2. The van der Waals surface area contributed by atoms with Crippen molar-refractivity contribution in [3.8, 4) is 5.75 Å². The Kier molecular flexibility index (Phi) is 4.00. The van der Waals surface area contributed by atoms with Gasteiger partial charge in [0.05, 0.1) is 5.69 Å². The van der Waals surface area contributed by atoms with E-state index in [1.807, 2.05) is 19.1 Å². The lowest BCUT2D eigenvalue weighted by Gasteiger charge is -2.07. The van der Waals surface area contributed by atoms with Crippen molar-refractivity contribution in [3.63, 3.8) is 0 Å². The Morgan fingerprint density at radius 2 is 1.79 bits per heavy atom. The lowest BCUT2D eigenvalue weighted by atomic mass is 10.2. The van der Waals surface area contributed by atoms with E-state index in [-0.39, 0.29) is 27.2 Å². The highest BCUT2D eigenvalue weighted by Gasteiger charge is 2.20. The molecule has 0 atom stereocenters. The summed E-state index contributed by atoms with van der Waals surface area (Å²) < 4.78 is 32.6. The molecular formula is C16H13N3O4S. The van der Waals surface area contributed by atoms with E-state index < -0.39 is 10.1 Å². The summed E-state index contributed by atoms with van der Waals surface area (Å²) in [6, 6.07) is 11.2. The average Bonchev–Trinajstić information content (AvgIpc) is 2.55. The number of rotatable bonds is 3. The number of aryl methyl sites for hydroxylation is 1. The molecule has 0 aliphatic rings. The first kappa shape index (κ1) is 16.0. The van der Waals surface area contributed by atoms with Gasteiger partial charge in [-0.2, -0.15) is 13.5 Å². The molecule has 0 spiro atoms. The third-order valence-electron chi connectivity index (χ3n) is 3.39. The van der Waals surface area contributed by atoms with Crippen LogP contribution < -0.4 is 0 Å². The number of fused-ring (bicyclic) bond motifs is 1. The minimum absolute atomic E-state index is 0.0190. The summed E-state index contributed by atoms with van der Waals surface area (Å²) in [6.45, 7) is 1.93. The Morgan fingerprint density at radius 1 is 1.08 bits per heavy atom. The molecule has 0 unspecified atom stereocenters. The topological polar surface area (TPSA) is 112 Å². The van der Waals surface area contributed by atoms with Crippen LogP contribution >= 0.6 is 0 Å². The van der Waals surface area contributed by atoms with Crippen LogP contribution in [0.2, 0.25) is 0 Å². The van der Waals surface area contributed by atoms with Crippen molar-refractivity contribution in [1.82, 2.24) is 4.98 Å². The van der Waals surface area contributed by atoms with Crippen molar-refractivity contribution in [1.29, 1.82) is 0 Å². The Hall–Kier alpha value is -2.84. The van der Waals surface area contributed by atoms with Gasteiger partial charge in [0, 0.05) is 11.6 Å². The molecule has 3 rings (SSSR count). The number of aromatic nitrogens is 1. The van der Waals surface area contributed by atoms with E-state index in [9.17, 15) is 18.1 Å². The summed E-state index contributed by atoms with van der Waals surface area (Å²) in [6.07, 6.45) is 1.40. The van der Waals surface area contributed by atoms with Gasteiger partial charge in [-0.05, 0) is 37.3 Å². The van der Waals surface area contributed by atoms with Crippen LogP contribution in [0.3, 0.4) is 0 Å². The fourth-order valence-corrected chi connectivity index (χ4v) is 2.90. The maximum Gasteiger partial charge on any atom is 0.295 e. The minimum atomic E-state index is -4.51. The fourth-order valence-electron chi connectivity index (χ4n) is 2.20. The van der Waals surface area contributed by atoms with Crippen LogP contribution in [0.4, 0.5) is 11.4 Å². The summed E-state index contributed by atoms with van der Waals surface area (Å²) in [4.78, 5) is 3.57. The van der Waals surface area contributed by atoms with Crippen LogP contribution in [-0.4, -0.2) is 23.1 Å². The van der Waals surface area contributed by atoms with Crippen molar-refractivity contribution >= 4 is 32.4 Å². The van der Waals surface area contributed by atoms with Crippen LogP contribution in [0.1, 0.15) is 5.56 Å². The van der Waals surface area contributed by atoms with Gasteiger partial charge in [0.1, 0.15) is 16.1 Å². The minimum Gasteiger partial charge on any atom is -0.504 e. The molecule has 0 aliphatic heterocycles. The molecule has 1 heterocycles. The van der Waals surface area contributed by atoms with E-state index in [1.54, 1.807) is 12.1 Å². The molecule has 0 amide bonds. The van der Waals surface area contributed by atoms with E-state index >= 15 is 0 Å². The van der Waals surface area contributed by atoms with Gasteiger partial charge in [0.25, 0.3) is 10.1 Å². The summed E-state index contributed by atoms with van der Waals surface area (Å²) in [5, 5.41) is 18.2. The average molecular weight is 343 g/mol. The van der Waals surface area contributed by atoms with E-state index in [2.05, 4.69) is 15.2 Å². The monoisotopic (exact) mass is 343 g/mol. The number of nitrogens with zero attached hydrogens (tertiary/aromatic N) is 3. The first-order valence-electron chi connectivity index (χ1n) is 6.93. The summed E-state index contributed by atoms with van der Waals surface area (Å²) in [5.41, 5.74) is 1.51. The van der Waals surface area contributed by atoms with E-state index in [0.717, 1.165) is 11.6 Å². The van der Waals surface area contributed by atoms with E-state index in [1.165, 1.54) is 18.3 Å². The van der Waals surface area contributed by atoms with Crippen molar-refractivity contribution in [2.24, 2.45) is 10.2 Å². The van der Waals surface area contributed by atoms with E-state index in [0.29, 0.717) is 5.69 Å². The van der Waals surface area contributed by atoms with Gasteiger partial charge in [-0.3, -0.25) is 9.54 Å². The van der Waals surface area contributed by atoms with Gasteiger partial charge in [0.2, 0.25) is 0 Å². The molecule has 0 fully saturated rings. The molecule has 0 saturated carbocycles. The second kappa shape index (κ2) is 5.99. The molecule has 1 aromatic heterocycles. The number of phenols is 1. The van der Waals surface area contributed by atoms with Gasteiger partial charge in [0.15, 0.2) is 5.75 Å². The third-order valence-corrected chi connectivity index (χ3v) is 4.29. The molecule has 0 bridgehead atoms. The van der Waals surface area contributed by atoms with Crippen molar-refractivity contribution in [2.75, 3.05) is 0 Å². The molecule has 3 aromatic rings. The largest absolute Gasteiger partial charge is 0.504 e. The number of aromatic hydroxyl groups is 1. The lowest BCUT2D eigenvalue weighted by Crippen LogP contribution is -1.99. The summed E-state index contributed by atoms with van der Waals surface area (Å²) in [5.74, 6) is -0.311. The van der Waals surface area contributed by atoms with Crippen LogP contribution in [-0.2, 0) is 10.1 Å². The predicted octanol–water partition coefficient (Wildman–Crippen LogP) is 3.91. The normalized spacial score (nSPS) is 12.1. The van der Waals surface area contributed by atoms with Gasteiger partial charge >= 0.3 is 0 Å². The molecule has 122 valence electrons. The number of benzene rings is 2. The van der Waals surface area contributed by atoms with Crippen molar-refractivity contribution < 1.29 is 18.1 Å². The third kappa shape index (κ3) is 3.10. The van der Waals surface area contributed by atoms with Crippen LogP contribution in [0, 0.1) is 6.92 Å². The molecular weight excluding hydrogens is 330 g/mol. The van der Waals surface area contributed by atoms with E-state index in [4.69, 9.17) is 0 Å². The molecule has 24 heavy (non-hydrogen) atoms. The first-order valence-corrected chi connectivity index (χ1v) is 8.37. The zero-order valence-electron chi connectivity index (χ0n) is 12.6. The Labute approximate surface area is 138 Å². The van der Waals surface area contributed by atoms with Crippen LogP contribution in [0.25, 0.3) is 10.9 Å². The van der Waals surface area contributed by atoms with Gasteiger partial charge in [-0.1, -0.05) is 17.7 Å². The molecule has 0 aliphatic carbocycles. The molecule has 8 heteroatoms. The Morgan fingerprint density at radius 3 is 2.46 bits per heavy atom. The van der Waals surface area contributed by atoms with Gasteiger partial charge < -0.3 is 5.11 Å². The smallest absolute Gasteiger partial charge is 0.295 e. The number of azo groups is 1. The van der Waals surface area contributed by atoms with Gasteiger partial charge in [-0.25, -0.2) is 0 Å². The fraction of sp³-hybridized carbons (Fsp3) is 0.0625. The predicted molar refractivity (Wildman–Crippen MR) is 88.6 cm³/mol. The van der Waals surface area contributed by atoms with Crippen molar-refractivity contribution in [3.05, 3.63) is 54.2 Å². The standard InChI is InChI=1S/C16H13N3O4S/c1-10-4-6-11(7-5-10)18-19-13-9-14(24(21,22)23)12-3-2-8-17-15(12)16(13)20/h2-9,20H,1H3,(H,21,22,23). The maximum absolute atomic E-state index is 11.6. The molecule has 7 nitrogen and oxygen atoms in total. The molecule has 2 N–H and O–H groups in total. The first-order chi connectivity index (χ1) is 11.4. The quantitative estimate of drug-likeness (QED) is 0.553. The molecule has 0 saturated heterocycles. The van der Waals surface area contributed by atoms with Crippen LogP contribution in [0.15, 0.2) is 63.8 Å². The van der Waals surface area contributed by atoms with Crippen LogP contribution in [0.5, 0.6) is 5.75 Å². The Balaban J connectivity index is 2.18. The highest BCUT2D eigenvalue weighted by Crippen LogP contribution is 2.38. The molecule has 0 radical (unpaired) electrons. The maximum atomic E-state index is 11.6. The SMILES string of the molecule is Cc1ccc(N=Nc2cc(S(=O)(=O)O)c3cccnc3c2O)cc1. The second-order valence-corrected chi connectivity index (χ2v) is 6.54. The molecule has 2 aromatic carbocycles. The summed E-state index contributed by atoms with van der Waals surface area (Å²) in [7, 11) is -4.51. The zero-order valence-corrected chi connectivity index (χ0v) is 13.4. The second-order valence-electron chi connectivity index (χ2n) is 5.15. The zero-order chi connectivity index (χ0) is 17.3. The Bertz CT molecular complexity index is 1040. The summed E-state index contributed by atoms with van der Waals surface area (Å²) >= 11 is 0. The lowest BCUT2D eigenvalue weighted by molar-refractivity contribution is 0.479. The van der Waals surface area contributed by atoms with Crippen molar-refractivity contribution in [2.45, 2.75) is 11.8 Å². The number of pyridine rings is 1.